The van der Waals surface area contributed by atoms with E-state index in [1.54, 1.807) is 12.1 Å². The van der Waals surface area contributed by atoms with Gasteiger partial charge in [0.25, 0.3) is 5.91 Å². The number of esters is 1. The van der Waals surface area contributed by atoms with Gasteiger partial charge in [-0.05, 0) is 43.9 Å². The molecule has 1 aromatic rings. The minimum Gasteiger partial charge on any atom is -0.465 e. The number of hydrogen-bond acceptors (Lipinski definition) is 5. The Bertz CT molecular complexity index is 563. The fourth-order valence-electron chi connectivity index (χ4n) is 2.27. The summed E-state index contributed by atoms with van der Waals surface area (Å²) in [6.45, 7) is -0.398. The number of rotatable bonds is 5. The number of nitrogens with one attached hydrogen (secondary N) is 1. The molecule has 2 rings (SSSR count). The number of carbonyl (C=O) groups is 2. The highest BCUT2D eigenvalue weighted by Crippen LogP contribution is 2.28. The van der Waals surface area contributed by atoms with Gasteiger partial charge >= 0.3 is 5.97 Å². The molecule has 1 aromatic heterocycles. The van der Waals surface area contributed by atoms with Crippen LogP contribution in [0.2, 0.25) is 0 Å². The zero-order valence-corrected chi connectivity index (χ0v) is 11.5. The van der Waals surface area contributed by atoms with Crippen molar-refractivity contribution in [3.05, 3.63) is 30.2 Å². The first kappa shape index (κ1) is 14.9. The van der Waals surface area contributed by atoms with Crippen LogP contribution in [0.5, 0.6) is 0 Å². The molecule has 1 aliphatic rings. The van der Waals surface area contributed by atoms with Crippen LogP contribution in [-0.4, -0.2) is 24.0 Å². The van der Waals surface area contributed by atoms with E-state index < -0.39 is 24.0 Å². The molecule has 1 saturated carbocycles. The third-order valence-corrected chi connectivity index (χ3v) is 3.32. The van der Waals surface area contributed by atoms with E-state index in [0.717, 1.165) is 12.8 Å². The largest absolute Gasteiger partial charge is 0.465 e. The number of nitrogens with zero attached hydrogens (tertiary/aromatic N) is 1. The van der Waals surface area contributed by atoms with E-state index in [1.807, 2.05) is 0 Å². The molecule has 1 N–H and O–H groups in total. The summed E-state index contributed by atoms with van der Waals surface area (Å²) >= 11 is 0. The Hall–Kier alpha value is -2.55. The van der Waals surface area contributed by atoms with Crippen molar-refractivity contribution in [1.82, 2.24) is 5.32 Å². The molecule has 1 amide bonds. The van der Waals surface area contributed by atoms with Gasteiger partial charge in [0, 0.05) is 6.08 Å². The maximum Gasteiger partial charge on any atom is 0.331 e. The summed E-state index contributed by atoms with van der Waals surface area (Å²) in [5.41, 5.74) is -0.798. The van der Waals surface area contributed by atoms with Gasteiger partial charge < -0.3 is 14.5 Å². The van der Waals surface area contributed by atoms with Crippen LogP contribution >= 0.6 is 0 Å². The van der Waals surface area contributed by atoms with Crippen molar-refractivity contribution < 1.29 is 18.7 Å². The summed E-state index contributed by atoms with van der Waals surface area (Å²) in [7, 11) is 0. The van der Waals surface area contributed by atoms with Gasteiger partial charge in [-0.2, -0.15) is 5.26 Å². The Kier molecular flexibility index (Phi) is 4.77. The van der Waals surface area contributed by atoms with Crippen LogP contribution in [-0.2, 0) is 14.3 Å². The predicted octanol–water partition coefficient (Wildman–Crippen LogP) is 1.79. The Morgan fingerprint density at radius 3 is 2.86 bits per heavy atom. The molecule has 1 fully saturated rings. The zero-order valence-electron chi connectivity index (χ0n) is 11.5. The summed E-state index contributed by atoms with van der Waals surface area (Å²) < 4.78 is 9.83. The summed E-state index contributed by atoms with van der Waals surface area (Å²) in [5, 5.41) is 11.8. The van der Waals surface area contributed by atoms with Crippen molar-refractivity contribution in [2.45, 2.75) is 31.2 Å². The van der Waals surface area contributed by atoms with Crippen LogP contribution < -0.4 is 5.32 Å². The Labute approximate surface area is 122 Å². The van der Waals surface area contributed by atoms with Crippen molar-refractivity contribution in [3.63, 3.8) is 0 Å². The summed E-state index contributed by atoms with van der Waals surface area (Å²) in [6.07, 6.45) is 7.24. The van der Waals surface area contributed by atoms with Gasteiger partial charge in [0.05, 0.1) is 12.3 Å². The summed E-state index contributed by atoms with van der Waals surface area (Å²) in [4.78, 5) is 23.2. The van der Waals surface area contributed by atoms with Crippen LogP contribution in [0.3, 0.4) is 0 Å². The smallest absolute Gasteiger partial charge is 0.331 e. The monoisotopic (exact) mass is 288 g/mol. The number of amides is 1. The molecule has 0 bridgehead atoms. The lowest BCUT2D eigenvalue weighted by Gasteiger charge is -2.21. The summed E-state index contributed by atoms with van der Waals surface area (Å²) in [5.74, 6) is -0.581. The second-order valence-electron chi connectivity index (χ2n) is 4.91. The molecule has 0 unspecified atom stereocenters. The molecule has 21 heavy (non-hydrogen) atoms. The molecule has 0 radical (unpaired) electrons. The second kappa shape index (κ2) is 6.75. The van der Waals surface area contributed by atoms with E-state index in [4.69, 9.17) is 14.4 Å². The molecule has 0 aliphatic heterocycles. The first-order valence-electron chi connectivity index (χ1n) is 6.74. The number of hydrogen-bond donors (Lipinski definition) is 1. The van der Waals surface area contributed by atoms with Crippen molar-refractivity contribution in [2.24, 2.45) is 0 Å². The van der Waals surface area contributed by atoms with Gasteiger partial charge in [-0.15, -0.1) is 0 Å². The van der Waals surface area contributed by atoms with E-state index in [2.05, 4.69) is 11.4 Å². The Morgan fingerprint density at radius 2 is 2.24 bits per heavy atom. The molecular formula is C15H16N2O4. The van der Waals surface area contributed by atoms with Gasteiger partial charge in [0.2, 0.25) is 0 Å². The maximum absolute atomic E-state index is 11.7. The van der Waals surface area contributed by atoms with Gasteiger partial charge in [-0.1, -0.05) is 0 Å². The fraction of sp³-hybridized carbons (Fsp3) is 0.400. The summed E-state index contributed by atoms with van der Waals surface area (Å²) in [6, 6.07) is 5.52. The third kappa shape index (κ3) is 4.21. The minimum atomic E-state index is -0.798. The molecule has 0 saturated heterocycles. The van der Waals surface area contributed by atoms with E-state index >= 15 is 0 Å². The highest BCUT2D eigenvalue weighted by molar-refractivity contribution is 5.89. The van der Waals surface area contributed by atoms with Crippen molar-refractivity contribution in [2.75, 3.05) is 6.61 Å². The van der Waals surface area contributed by atoms with Crippen molar-refractivity contribution in [3.8, 4) is 6.07 Å². The number of carbonyl (C=O) groups excluding carboxylic acids is 2. The van der Waals surface area contributed by atoms with Gasteiger partial charge in [-0.3, -0.25) is 4.79 Å². The average Bonchev–Trinajstić information content (AvgIpc) is 3.15. The predicted molar refractivity (Wildman–Crippen MR) is 73.7 cm³/mol. The number of nitriles is 1. The maximum atomic E-state index is 11.7. The third-order valence-electron chi connectivity index (χ3n) is 3.32. The van der Waals surface area contributed by atoms with Crippen LogP contribution in [0.1, 0.15) is 31.4 Å². The first-order valence-corrected chi connectivity index (χ1v) is 6.74. The van der Waals surface area contributed by atoms with Crippen LogP contribution in [0, 0.1) is 11.3 Å². The highest BCUT2D eigenvalue weighted by Gasteiger charge is 2.35. The Morgan fingerprint density at radius 1 is 1.48 bits per heavy atom. The number of furan rings is 1. The standard InChI is InChI=1S/C15H16N2O4/c16-11-15(7-1-2-8-15)17-13(18)10-21-14(19)6-5-12-4-3-9-20-12/h3-6,9H,1-2,7-8,10H2,(H,17,18)/b6-5+. The quantitative estimate of drug-likeness (QED) is 0.658. The van der Waals surface area contributed by atoms with E-state index in [0.29, 0.717) is 18.6 Å². The fourth-order valence-corrected chi connectivity index (χ4v) is 2.27. The molecule has 6 heteroatoms. The topological polar surface area (TPSA) is 92.3 Å². The molecule has 0 spiro atoms. The van der Waals surface area contributed by atoms with Crippen LogP contribution in [0.4, 0.5) is 0 Å². The van der Waals surface area contributed by atoms with Gasteiger partial charge in [-0.25, -0.2) is 4.79 Å². The molecule has 6 nitrogen and oxygen atoms in total. The molecule has 0 aromatic carbocycles. The van der Waals surface area contributed by atoms with Crippen molar-refractivity contribution >= 4 is 18.0 Å². The lowest BCUT2D eigenvalue weighted by molar-refractivity contribution is -0.144. The van der Waals surface area contributed by atoms with E-state index in [1.165, 1.54) is 18.4 Å². The van der Waals surface area contributed by atoms with Gasteiger partial charge in [0.15, 0.2) is 6.61 Å². The lowest BCUT2D eigenvalue weighted by Crippen LogP contribution is -2.46. The molecular weight excluding hydrogens is 272 g/mol. The van der Waals surface area contributed by atoms with Crippen LogP contribution in [0.25, 0.3) is 6.08 Å². The van der Waals surface area contributed by atoms with Crippen LogP contribution in [0.15, 0.2) is 28.9 Å². The molecule has 1 heterocycles. The molecule has 1 aliphatic carbocycles. The van der Waals surface area contributed by atoms with E-state index in [9.17, 15) is 9.59 Å². The van der Waals surface area contributed by atoms with E-state index in [-0.39, 0.29) is 0 Å². The van der Waals surface area contributed by atoms with Gasteiger partial charge in [0.1, 0.15) is 11.3 Å². The first-order chi connectivity index (χ1) is 10.1. The molecule has 0 atom stereocenters. The minimum absolute atomic E-state index is 0.398. The normalized spacial score (nSPS) is 16.5. The van der Waals surface area contributed by atoms with Crippen molar-refractivity contribution in [1.29, 1.82) is 5.26 Å². The Balaban J connectivity index is 1.76. The lowest BCUT2D eigenvalue weighted by atomic mass is 10.00. The highest BCUT2D eigenvalue weighted by atomic mass is 16.5. The SMILES string of the molecule is N#CC1(NC(=O)COC(=O)/C=C/c2ccco2)CCCC1. The number of ether oxygens (including phenoxy) is 1. The molecule has 110 valence electrons. The zero-order chi connectivity index (χ0) is 15.1. The average molecular weight is 288 g/mol. The second-order valence-corrected chi connectivity index (χ2v) is 4.91.